The maximum absolute atomic E-state index is 5.47. The molecule has 0 saturated carbocycles. The number of hydrogen-bond donors (Lipinski definition) is 1. The van der Waals surface area contributed by atoms with E-state index in [1.54, 1.807) is 0 Å². The van der Waals surface area contributed by atoms with Crippen molar-refractivity contribution in [2.24, 2.45) is 0 Å². The molecule has 1 aromatic rings. The summed E-state index contributed by atoms with van der Waals surface area (Å²) in [4.78, 5) is 8.20. The summed E-state index contributed by atoms with van der Waals surface area (Å²) in [6.45, 7) is 5.73. The fourth-order valence-corrected chi connectivity index (χ4v) is 1.48. The van der Waals surface area contributed by atoms with Crippen LogP contribution in [0.2, 0.25) is 0 Å². The van der Waals surface area contributed by atoms with Gasteiger partial charge in [0.15, 0.2) is 0 Å². The highest BCUT2D eigenvalue weighted by molar-refractivity contribution is 9.10. The predicted octanol–water partition coefficient (Wildman–Crippen LogP) is 2.85. The zero-order valence-electron chi connectivity index (χ0n) is 9.09. The van der Waals surface area contributed by atoms with Gasteiger partial charge in [0, 0.05) is 6.54 Å². The molecule has 0 atom stereocenters. The molecule has 0 aliphatic carbocycles. The molecule has 0 aliphatic rings. The molecule has 4 nitrogen and oxygen atoms in total. The van der Waals surface area contributed by atoms with Crippen LogP contribution >= 0.6 is 15.9 Å². The standard InChI is InChI=1S/C10H16BrN3O/c1-3-5-12-9-8(11)10(14-7-13-9)15-6-4-2/h7H,3-6H2,1-2H3,(H,12,13,14). The normalized spacial score (nSPS) is 10.1. The highest BCUT2D eigenvalue weighted by atomic mass is 79.9. The Bertz CT molecular complexity index is 280. The number of anilines is 1. The molecule has 0 aliphatic heterocycles. The highest BCUT2D eigenvalue weighted by Gasteiger charge is 2.08. The summed E-state index contributed by atoms with van der Waals surface area (Å²) in [7, 11) is 0. The number of ether oxygens (including phenoxy) is 1. The fourth-order valence-electron chi connectivity index (χ4n) is 1.02. The third-order valence-corrected chi connectivity index (χ3v) is 2.46. The Hall–Kier alpha value is -0.840. The summed E-state index contributed by atoms with van der Waals surface area (Å²) >= 11 is 3.43. The first kappa shape index (κ1) is 12.2. The Morgan fingerprint density at radius 3 is 2.80 bits per heavy atom. The topological polar surface area (TPSA) is 47.0 Å². The molecule has 15 heavy (non-hydrogen) atoms. The zero-order valence-corrected chi connectivity index (χ0v) is 10.7. The van der Waals surface area contributed by atoms with E-state index in [9.17, 15) is 0 Å². The van der Waals surface area contributed by atoms with Gasteiger partial charge >= 0.3 is 0 Å². The highest BCUT2D eigenvalue weighted by Crippen LogP contribution is 2.28. The van der Waals surface area contributed by atoms with Crippen molar-refractivity contribution < 1.29 is 4.74 Å². The summed E-state index contributed by atoms with van der Waals surface area (Å²) in [5, 5.41) is 3.20. The Morgan fingerprint density at radius 2 is 2.13 bits per heavy atom. The van der Waals surface area contributed by atoms with Gasteiger partial charge in [-0.15, -0.1) is 0 Å². The van der Waals surface area contributed by atoms with Crippen molar-refractivity contribution in [3.05, 3.63) is 10.8 Å². The van der Waals surface area contributed by atoms with Crippen LogP contribution in [0.1, 0.15) is 26.7 Å². The second kappa shape index (κ2) is 6.61. The monoisotopic (exact) mass is 273 g/mol. The van der Waals surface area contributed by atoms with Crippen molar-refractivity contribution in [1.29, 1.82) is 0 Å². The Kier molecular flexibility index (Phi) is 5.39. The van der Waals surface area contributed by atoms with Gasteiger partial charge in [0.1, 0.15) is 16.6 Å². The largest absolute Gasteiger partial charge is 0.477 e. The van der Waals surface area contributed by atoms with Crippen molar-refractivity contribution in [2.45, 2.75) is 26.7 Å². The van der Waals surface area contributed by atoms with Crippen molar-refractivity contribution in [3.8, 4) is 5.88 Å². The van der Waals surface area contributed by atoms with Gasteiger partial charge in [0.05, 0.1) is 6.61 Å². The molecule has 1 rings (SSSR count). The lowest BCUT2D eigenvalue weighted by Crippen LogP contribution is -2.05. The molecule has 1 N–H and O–H groups in total. The smallest absolute Gasteiger partial charge is 0.233 e. The maximum atomic E-state index is 5.47. The quantitative estimate of drug-likeness (QED) is 0.866. The van der Waals surface area contributed by atoms with E-state index in [2.05, 4.69) is 45.1 Å². The summed E-state index contributed by atoms with van der Waals surface area (Å²) in [6, 6.07) is 0. The van der Waals surface area contributed by atoms with Crippen molar-refractivity contribution in [3.63, 3.8) is 0 Å². The number of halogens is 1. The van der Waals surface area contributed by atoms with Gasteiger partial charge in [-0.25, -0.2) is 9.97 Å². The van der Waals surface area contributed by atoms with Gasteiger partial charge in [-0.05, 0) is 28.8 Å². The Labute approximate surface area is 98.6 Å². The van der Waals surface area contributed by atoms with E-state index in [-0.39, 0.29) is 0 Å². The lowest BCUT2D eigenvalue weighted by Gasteiger charge is -2.09. The Balaban J connectivity index is 2.71. The molecular weight excluding hydrogens is 258 g/mol. The number of rotatable bonds is 6. The number of aromatic nitrogens is 2. The van der Waals surface area contributed by atoms with Crippen LogP contribution in [0.4, 0.5) is 5.82 Å². The van der Waals surface area contributed by atoms with Crippen molar-refractivity contribution in [2.75, 3.05) is 18.5 Å². The summed E-state index contributed by atoms with van der Waals surface area (Å²) in [6.07, 6.45) is 3.53. The molecule has 84 valence electrons. The van der Waals surface area contributed by atoms with Crippen LogP contribution in [0.5, 0.6) is 5.88 Å². The third kappa shape index (κ3) is 3.66. The van der Waals surface area contributed by atoms with Crippen LogP contribution < -0.4 is 10.1 Å². The molecule has 0 aromatic carbocycles. The van der Waals surface area contributed by atoms with Crippen LogP contribution in [-0.2, 0) is 0 Å². The molecular formula is C10H16BrN3O. The average molecular weight is 274 g/mol. The van der Waals surface area contributed by atoms with Gasteiger partial charge in [-0.1, -0.05) is 13.8 Å². The summed E-state index contributed by atoms with van der Waals surface area (Å²) in [5.41, 5.74) is 0. The molecule has 5 heteroatoms. The zero-order chi connectivity index (χ0) is 11.1. The van der Waals surface area contributed by atoms with Crippen LogP contribution in [0, 0.1) is 0 Å². The number of hydrogen-bond acceptors (Lipinski definition) is 4. The molecule has 0 unspecified atom stereocenters. The molecule has 0 saturated heterocycles. The predicted molar refractivity (Wildman–Crippen MR) is 64.3 cm³/mol. The van der Waals surface area contributed by atoms with E-state index in [1.165, 1.54) is 6.33 Å². The average Bonchev–Trinajstić information content (AvgIpc) is 2.26. The lowest BCUT2D eigenvalue weighted by atomic mass is 10.4. The minimum Gasteiger partial charge on any atom is -0.477 e. The van der Waals surface area contributed by atoms with Gasteiger partial charge in [0.2, 0.25) is 5.88 Å². The maximum Gasteiger partial charge on any atom is 0.233 e. The van der Waals surface area contributed by atoms with Crippen molar-refractivity contribution >= 4 is 21.7 Å². The molecule has 0 bridgehead atoms. The van der Waals surface area contributed by atoms with E-state index >= 15 is 0 Å². The summed E-state index contributed by atoms with van der Waals surface area (Å²) in [5.74, 6) is 1.39. The first-order valence-corrected chi connectivity index (χ1v) is 5.96. The van der Waals surface area contributed by atoms with Crippen molar-refractivity contribution in [1.82, 2.24) is 9.97 Å². The second-order valence-electron chi connectivity index (χ2n) is 3.12. The third-order valence-electron chi connectivity index (χ3n) is 1.74. The minimum atomic E-state index is 0.602. The van der Waals surface area contributed by atoms with E-state index in [0.717, 1.165) is 29.7 Å². The molecule has 0 spiro atoms. The SMILES string of the molecule is CCCNc1ncnc(OCCC)c1Br. The van der Waals surface area contributed by atoms with Crippen LogP contribution in [0.3, 0.4) is 0 Å². The van der Waals surface area contributed by atoms with E-state index in [4.69, 9.17) is 4.74 Å². The van der Waals surface area contributed by atoms with E-state index < -0.39 is 0 Å². The van der Waals surface area contributed by atoms with E-state index in [1.807, 2.05) is 0 Å². The number of nitrogens with zero attached hydrogens (tertiary/aromatic N) is 2. The first-order chi connectivity index (χ1) is 7.29. The molecule has 0 fully saturated rings. The second-order valence-corrected chi connectivity index (χ2v) is 3.91. The minimum absolute atomic E-state index is 0.602. The first-order valence-electron chi connectivity index (χ1n) is 5.16. The lowest BCUT2D eigenvalue weighted by molar-refractivity contribution is 0.303. The molecule has 1 aromatic heterocycles. The van der Waals surface area contributed by atoms with Gasteiger partial charge in [-0.3, -0.25) is 0 Å². The van der Waals surface area contributed by atoms with Crippen LogP contribution in [0.25, 0.3) is 0 Å². The van der Waals surface area contributed by atoms with Gasteiger partial charge in [-0.2, -0.15) is 0 Å². The number of nitrogens with one attached hydrogen (secondary N) is 1. The molecule has 0 amide bonds. The van der Waals surface area contributed by atoms with Crippen LogP contribution in [-0.4, -0.2) is 23.1 Å². The Morgan fingerprint density at radius 1 is 1.33 bits per heavy atom. The fraction of sp³-hybridized carbons (Fsp3) is 0.600. The van der Waals surface area contributed by atoms with E-state index in [0.29, 0.717) is 12.5 Å². The van der Waals surface area contributed by atoms with Crippen LogP contribution in [0.15, 0.2) is 10.8 Å². The van der Waals surface area contributed by atoms with Gasteiger partial charge in [0.25, 0.3) is 0 Å². The molecule has 1 heterocycles. The summed E-state index contributed by atoms with van der Waals surface area (Å²) < 4.78 is 6.27. The molecule has 0 radical (unpaired) electrons. The van der Waals surface area contributed by atoms with Gasteiger partial charge < -0.3 is 10.1 Å².